The van der Waals surface area contributed by atoms with Crippen LogP contribution in [-0.2, 0) is 16.0 Å². The molecule has 0 fully saturated rings. The highest BCUT2D eigenvalue weighted by molar-refractivity contribution is 9.11. The van der Waals surface area contributed by atoms with Crippen LogP contribution in [0.1, 0.15) is 5.56 Å². The molecule has 0 bridgehead atoms. The molecule has 0 spiro atoms. The minimum Gasteiger partial charge on any atom is -0.469 e. The molecule has 0 aliphatic carbocycles. The maximum Gasteiger partial charge on any atom is 0.309 e. The third kappa shape index (κ3) is 3.02. The van der Waals surface area contributed by atoms with E-state index in [9.17, 15) is 14.9 Å². The quantitative estimate of drug-likeness (QED) is 0.476. The van der Waals surface area contributed by atoms with Gasteiger partial charge in [-0.2, -0.15) is 0 Å². The monoisotopic (exact) mass is 351 g/mol. The number of hydrogen-bond acceptors (Lipinski definition) is 4. The fourth-order valence-corrected chi connectivity index (χ4v) is 2.70. The van der Waals surface area contributed by atoms with Gasteiger partial charge in [-0.25, -0.2) is 0 Å². The van der Waals surface area contributed by atoms with Crippen LogP contribution in [0.25, 0.3) is 0 Å². The van der Waals surface area contributed by atoms with Crippen molar-refractivity contribution in [1.29, 1.82) is 0 Å². The fourth-order valence-electron chi connectivity index (χ4n) is 1.13. The van der Waals surface area contributed by atoms with Crippen LogP contribution in [-0.4, -0.2) is 18.0 Å². The maximum atomic E-state index is 11.0. The van der Waals surface area contributed by atoms with Gasteiger partial charge in [0.1, 0.15) is 0 Å². The van der Waals surface area contributed by atoms with E-state index in [-0.39, 0.29) is 12.1 Å². The van der Waals surface area contributed by atoms with Gasteiger partial charge in [0.25, 0.3) is 5.69 Å². The molecule has 7 heteroatoms. The van der Waals surface area contributed by atoms with Crippen LogP contribution in [0.3, 0.4) is 0 Å². The van der Waals surface area contributed by atoms with Crippen LogP contribution in [0.4, 0.5) is 5.69 Å². The van der Waals surface area contributed by atoms with E-state index in [2.05, 4.69) is 36.6 Å². The van der Waals surface area contributed by atoms with Crippen molar-refractivity contribution in [2.24, 2.45) is 0 Å². The van der Waals surface area contributed by atoms with Crippen molar-refractivity contribution in [3.63, 3.8) is 0 Å². The second-order valence-electron chi connectivity index (χ2n) is 2.92. The zero-order valence-electron chi connectivity index (χ0n) is 8.20. The van der Waals surface area contributed by atoms with Gasteiger partial charge in [0, 0.05) is 0 Å². The van der Waals surface area contributed by atoms with Gasteiger partial charge in [0.2, 0.25) is 0 Å². The van der Waals surface area contributed by atoms with Gasteiger partial charge in [-0.15, -0.1) is 0 Å². The predicted octanol–water partition coefficient (Wildman–Crippen LogP) is 2.84. The molecule has 16 heavy (non-hydrogen) atoms. The van der Waals surface area contributed by atoms with E-state index in [0.717, 1.165) is 0 Å². The fraction of sp³-hybridized carbons (Fsp3) is 0.222. The normalized spacial score (nSPS) is 9.94. The zero-order chi connectivity index (χ0) is 12.3. The number of esters is 1. The molecule has 1 aromatic rings. The van der Waals surface area contributed by atoms with Gasteiger partial charge < -0.3 is 4.74 Å². The van der Waals surface area contributed by atoms with Gasteiger partial charge in [0.15, 0.2) is 0 Å². The van der Waals surface area contributed by atoms with Crippen molar-refractivity contribution < 1.29 is 14.5 Å². The number of carbonyl (C=O) groups excluding carboxylic acids is 1. The topological polar surface area (TPSA) is 69.4 Å². The van der Waals surface area contributed by atoms with Crippen molar-refractivity contribution in [2.75, 3.05) is 7.11 Å². The molecule has 0 saturated heterocycles. The number of methoxy groups -OCH3 is 1. The number of hydrogen-bond donors (Lipinski definition) is 0. The number of carbonyl (C=O) groups is 1. The van der Waals surface area contributed by atoms with Crippen LogP contribution in [0.5, 0.6) is 0 Å². The van der Waals surface area contributed by atoms with Crippen molar-refractivity contribution in [3.05, 3.63) is 36.8 Å². The van der Waals surface area contributed by atoms with Crippen molar-refractivity contribution in [1.82, 2.24) is 0 Å². The molecule has 1 aromatic carbocycles. The lowest BCUT2D eigenvalue weighted by Crippen LogP contribution is -2.05. The van der Waals surface area contributed by atoms with Crippen LogP contribution in [0.2, 0.25) is 0 Å². The molecule has 1 rings (SSSR count). The molecule has 5 nitrogen and oxygen atoms in total. The zero-order valence-corrected chi connectivity index (χ0v) is 11.4. The molecule has 0 atom stereocenters. The Kier molecular flexibility index (Phi) is 4.43. The number of rotatable bonds is 3. The first kappa shape index (κ1) is 13.1. The Hall–Kier alpha value is -0.950. The number of nitro groups is 1. The molecular weight excluding hydrogens is 346 g/mol. The van der Waals surface area contributed by atoms with Gasteiger partial charge >= 0.3 is 5.97 Å². The summed E-state index contributed by atoms with van der Waals surface area (Å²) in [7, 11) is 1.29. The van der Waals surface area contributed by atoms with Crippen LogP contribution in [0.15, 0.2) is 21.1 Å². The smallest absolute Gasteiger partial charge is 0.309 e. The van der Waals surface area contributed by atoms with E-state index in [1.165, 1.54) is 19.2 Å². The summed E-state index contributed by atoms with van der Waals surface area (Å²) >= 11 is 6.17. The molecule has 86 valence electrons. The van der Waals surface area contributed by atoms with E-state index in [0.29, 0.717) is 14.5 Å². The van der Waals surface area contributed by atoms with Crippen LogP contribution in [0, 0.1) is 10.1 Å². The van der Waals surface area contributed by atoms with Crippen molar-refractivity contribution >= 4 is 43.5 Å². The average Bonchev–Trinajstić information content (AvgIpc) is 2.15. The molecular formula is C9H7Br2NO4. The lowest BCUT2D eigenvalue weighted by atomic mass is 10.1. The van der Waals surface area contributed by atoms with E-state index < -0.39 is 10.9 Å². The Morgan fingerprint density at radius 2 is 1.94 bits per heavy atom. The minimum absolute atomic E-state index is 0.0615. The van der Waals surface area contributed by atoms with E-state index in [1.54, 1.807) is 0 Å². The summed E-state index contributed by atoms with van der Waals surface area (Å²) < 4.78 is 5.16. The molecule has 0 radical (unpaired) electrons. The summed E-state index contributed by atoms with van der Waals surface area (Å²) in [6.07, 6.45) is 0.0751. The summed E-state index contributed by atoms with van der Waals surface area (Å²) in [5.74, 6) is -0.396. The number of nitrogens with zero attached hydrogens (tertiary/aromatic N) is 1. The third-order valence-corrected chi connectivity index (χ3v) is 3.04. The third-order valence-electron chi connectivity index (χ3n) is 1.84. The Bertz CT molecular complexity index is 424. The highest BCUT2D eigenvalue weighted by atomic mass is 79.9. The Morgan fingerprint density at radius 3 is 2.31 bits per heavy atom. The largest absolute Gasteiger partial charge is 0.469 e. The number of benzene rings is 1. The van der Waals surface area contributed by atoms with Gasteiger partial charge in [-0.3, -0.25) is 14.9 Å². The minimum atomic E-state index is -0.504. The molecule has 0 amide bonds. The number of ether oxygens (including phenoxy) is 1. The van der Waals surface area contributed by atoms with Crippen LogP contribution < -0.4 is 0 Å². The first-order chi connectivity index (χ1) is 7.45. The van der Waals surface area contributed by atoms with Gasteiger partial charge in [-0.1, -0.05) is 0 Å². The molecule has 0 aromatic heterocycles. The average molecular weight is 353 g/mol. The molecule has 0 heterocycles. The number of nitro benzene ring substituents is 1. The van der Waals surface area contributed by atoms with E-state index in [4.69, 9.17) is 0 Å². The van der Waals surface area contributed by atoms with Gasteiger partial charge in [0.05, 0.1) is 27.4 Å². The van der Waals surface area contributed by atoms with Crippen molar-refractivity contribution in [3.8, 4) is 0 Å². The van der Waals surface area contributed by atoms with E-state index >= 15 is 0 Å². The Labute approximate surface area is 108 Å². The highest BCUT2D eigenvalue weighted by Gasteiger charge is 2.18. The summed E-state index contributed by atoms with van der Waals surface area (Å²) in [6.45, 7) is 0. The van der Waals surface area contributed by atoms with Crippen molar-refractivity contribution in [2.45, 2.75) is 6.42 Å². The predicted molar refractivity (Wildman–Crippen MR) is 64.2 cm³/mol. The van der Waals surface area contributed by atoms with E-state index in [1.807, 2.05) is 0 Å². The maximum absolute atomic E-state index is 11.0. The summed E-state index contributed by atoms with van der Waals surface area (Å²) in [5, 5.41) is 10.7. The Morgan fingerprint density at radius 1 is 1.44 bits per heavy atom. The lowest BCUT2D eigenvalue weighted by molar-refractivity contribution is -0.386. The standard InChI is InChI=1S/C9H7Br2NO4/c1-16-8(13)4-5-2-6(10)9(12(14)15)7(11)3-5/h2-3H,4H2,1H3. The Balaban J connectivity index is 3.10. The molecule has 0 unspecified atom stereocenters. The second-order valence-corrected chi connectivity index (χ2v) is 4.63. The SMILES string of the molecule is COC(=O)Cc1cc(Br)c([N+](=O)[O-])c(Br)c1. The summed E-state index contributed by atoms with van der Waals surface area (Å²) in [6, 6.07) is 3.06. The van der Waals surface area contributed by atoms with Gasteiger partial charge in [-0.05, 0) is 49.6 Å². The first-order valence-corrected chi connectivity index (χ1v) is 5.73. The number of halogens is 2. The molecule has 0 aliphatic rings. The first-order valence-electron chi connectivity index (χ1n) is 4.15. The highest BCUT2D eigenvalue weighted by Crippen LogP contribution is 2.34. The second kappa shape index (κ2) is 5.40. The lowest BCUT2D eigenvalue weighted by Gasteiger charge is -2.03. The molecule has 0 aliphatic heterocycles. The molecule has 0 saturated carbocycles. The summed E-state index contributed by atoms with van der Waals surface area (Å²) in [5.41, 5.74) is 0.574. The molecule has 0 N–H and O–H groups in total. The summed E-state index contributed by atoms with van der Waals surface area (Å²) in [4.78, 5) is 21.2. The van der Waals surface area contributed by atoms with Crippen LogP contribution >= 0.6 is 31.9 Å².